The van der Waals surface area contributed by atoms with Gasteiger partial charge in [-0.15, -0.1) is 0 Å². The van der Waals surface area contributed by atoms with Crippen LogP contribution in [0.2, 0.25) is 5.02 Å². The number of nitrogens with zero attached hydrogens (tertiary/aromatic N) is 3. The minimum absolute atomic E-state index is 0.220. The highest BCUT2D eigenvalue weighted by atomic mass is 35.5. The highest BCUT2D eigenvalue weighted by Crippen LogP contribution is 2.37. The van der Waals surface area contributed by atoms with Crippen molar-refractivity contribution in [3.8, 4) is 0 Å². The second-order valence-electron chi connectivity index (χ2n) is 10.0. The summed E-state index contributed by atoms with van der Waals surface area (Å²) in [6.07, 6.45) is 12.6. The van der Waals surface area contributed by atoms with Gasteiger partial charge in [0.15, 0.2) is 5.82 Å². The SMILES string of the molecule is C=Nc1c(/C(=N\CCCCCC)N2CC3CCC(C2)N3)cc(Cl)c(/C(C)=C/C=C\c2ccccc2)c1F. The van der Waals surface area contributed by atoms with Crippen LogP contribution < -0.4 is 5.32 Å². The monoisotopic (exact) mass is 520 g/mol. The Kier molecular flexibility index (Phi) is 9.70. The summed E-state index contributed by atoms with van der Waals surface area (Å²) in [6, 6.07) is 12.7. The summed E-state index contributed by atoms with van der Waals surface area (Å²) >= 11 is 6.76. The highest BCUT2D eigenvalue weighted by molar-refractivity contribution is 6.33. The number of unbranched alkanes of at least 4 members (excludes halogenated alkanes) is 3. The molecule has 2 atom stereocenters. The van der Waals surface area contributed by atoms with Gasteiger partial charge in [-0.3, -0.25) is 9.98 Å². The van der Waals surface area contributed by atoms with E-state index in [4.69, 9.17) is 16.6 Å². The Hall–Kier alpha value is -2.76. The van der Waals surface area contributed by atoms with Crippen LogP contribution in [-0.2, 0) is 0 Å². The molecule has 2 saturated heterocycles. The van der Waals surface area contributed by atoms with Crippen LogP contribution in [0.25, 0.3) is 11.6 Å². The summed E-state index contributed by atoms with van der Waals surface area (Å²) in [7, 11) is 0. The van der Waals surface area contributed by atoms with E-state index in [0.29, 0.717) is 34.8 Å². The maximum absolute atomic E-state index is 16.0. The van der Waals surface area contributed by atoms with Crippen molar-refractivity contribution < 1.29 is 4.39 Å². The van der Waals surface area contributed by atoms with Crippen LogP contribution in [0.4, 0.5) is 10.1 Å². The Morgan fingerprint density at radius 3 is 2.57 bits per heavy atom. The lowest BCUT2D eigenvalue weighted by molar-refractivity contribution is 0.288. The van der Waals surface area contributed by atoms with Crippen LogP contribution in [0.15, 0.2) is 58.5 Å². The topological polar surface area (TPSA) is 40.0 Å². The van der Waals surface area contributed by atoms with E-state index in [1.54, 1.807) is 0 Å². The van der Waals surface area contributed by atoms with Gasteiger partial charge in [0.05, 0.1) is 5.02 Å². The zero-order chi connectivity index (χ0) is 26.2. The Morgan fingerprint density at radius 2 is 1.89 bits per heavy atom. The molecule has 0 aromatic heterocycles. The van der Waals surface area contributed by atoms with Crippen LogP contribution in [0, 0.1) is 5.82 Å². The Balaban J connectivity index is 1.67. The van der Waals surface area contributed by atoms with Crippen molar-refractivity contribution in [3.63, 3.8) is 0 Å². The van der Waals surface area contributed by atoms with Crippen LogP contribution in [0.3, 0.4) is 0 Å². The molecule has 6 heteroatoms. The molecule has 0 radical (unpaired) electrons. The second kappa shape index (κ2) is 13.2. The second-order valence-corrected chi connectivity index (χ2v) is 10.4. The van der Waals surface area contributed by atoms with Gasteiger partial charge in [-0.25, -0.2) is 4.39 Å². The van der Waals surface area contributed by atoms with Crippen LogP contribution in [-0.4, -0.2) is 49.2 Å². The number of halogens is 2. The largest absolute Gasteiger partial charge is 0.353 e. The predicted octanol–water partition coefficient (Wildman–Crippen LogP) is 7.69. The first kappa shape index (κ1) is 27.3. The Labute approximate surface area is 226 Å². The van der Waals surface area contributed by atoms with Gasteiger partial charge in [-0.1, -0.05) is 86.3 Å². The maximum Gasteiger partial charge on any atom is 0.158 e. The third kappa shape index (κ3) is 6.77. The van der Waals surface area contributed by atoms with E-state index in [1.807, 2.05) is 61.5 Å². The average molecular weight is 521 g/mol. The number of amidine groups is 1. The number of aliphatic imine (C=N–C) groups is 2. The van der Waals surface area contributed by atoms with E-state index < -0.39 is 5.82 Å². The minimum atomic E-state index is -0.448. The van der Waals surface area contributed by atoms with E-state index in [-0.39, 0.29) is 5.69 Å². The first-order chi connectivity index (χ1) is 18.0. The Morgan fingerprint density at radius 1 is 1.16 bits per heavy atom. The molecule has 1 N–H and O–H groups in total. The zero-order valence-corrected chi connectivity index (χ0v) is 22.8. The number of piperazine rings is 1. The van der Waals surface area contributed by atoms with Gasteiger partial charge < -0.3 is 10.2 Å². The molecule has 2 aromatic carbocycles. The number of fused-ring (bicyclic) bond motifs is 2. The standard InChI is InChI=1S/C31H38ClFN4/c1-4-5-6-10-18-35-31(37-20-24-16-17-25(21-37)36-24)26-19-27(32)28(29(33)30(26)34-3)22(2)12-11-15-23-13-8-7-9-14-23/h7-9,11-15,19,24-25,36H,3-6,10,16-18,20-21H2,1-2H3/b15-11-,22-12+,35-31+. The van der Waals surface area contributed by atoms with Crippen LogP contribution in [0.5, 0.6) is 0 Å². The van der Waals surface area contributed by atoms with Gasteiger partial charge in [0, 0.05) is 42.8 Å². The predicted molar refractivity (Wildman–Crippen MR) is 157 cm³/mol. The smallest absolute Gasteiger partial charge is 0.158 e. The van der Waals surface area contributed by atoms with E-state index in [2.05, 4.69) is 28.9 Å². The van der Waals surface area contributed by atoms with E-state index >= 15 is 4.39 Å². The minimum Gasteiger partial charge on any atom is -0.353 e. The molecule has 4 nitrogen and oxygen atoms in total. The molecule has 0 spiro atoms. The third-order valence-electron chi connectivity index (χ3n) is 7.21. The number of allylic oxidation sites excluding steroid dienone is 3. The summed E-state index contributed by atoms with van der Waals surface area (Å²) in [5, 5.41) is 4.03. The zero-order valence-electron chi connectivity index (χ0n) is 22.0. The van der Waals surface area contributed by atoms with E-state index in [9.17, 15) is 0 Å². The van der Waals surface area contributed by atoms with Crippen molar-refractivity contribution in [1.29, 1.82) is 0 Å². The molecule has 2 heterocycles. The summed E-state index contributed by atoms with van der Waals surface area (Å²) in [5.41, 5.74) is 3.01. The fraction of sp³-hybridized carbons (Fsp3) is 0.419. The molecule has 0 saturated carbocycles. The lowest BCUT2D eigenvalue weighted by atomic mass is 10.00. The van der Waals surface area contributed by atoms with Gasteiger partial charge in [0.1, 0.15) is 11.5 Å². The summed E-state index contributed by atoms with van der Waals surface area (Å²) in [4.78, 5) is 11.5. The molecule has 196 valence electrons. The maximum atomic E-state index is 16.0. The van der Waals surface area contributed by atoms with Crippen LogP contribution >= 0.6 is 11.6 Å². The Bertz CT molecular complexity index is 1160. The van der Waals surface area contributed by atoms with E-state index in [1.165, 1.54) is 12.8 Å². The molecule has 2 aliphatic heterocycles. The summed E-state index contributed by atoms with van der Waals surface area (Å²) in [6.45, 7) is 10.2. The lowest BCUT2D eigenvalue weighted by Crippen LogP contribution is -2.53. The quantitative estimate of drug-likeness (QED) is 0.151. The highest BCUT2D eigenvalue weighted by Gasteiger charge is 2.35. The molecule has 2 unspecified atom stereocenters. The first-order valence-electron chi connectivity index (χ1n) is 13.5. The molecule has 2 bridgehead atoms. The number of hydrogen-bond donors (Lipinski definition) is 1. The summed E-state index contributed by atoms with van der Waals surface area (Å²) in [5.74, 6) is 0.339. The first-order valence-corrected chi connectivity index (χ1v) is 13.8. The molecule has 2 aromatic rings. The average Bonchev–Trinajstić information content (AvgIpc) is 3.24. The van der Waals surface area contributed by atoms with Crippen molar-refractivity contribution in [1.82, 2.24) is 10.2 Å². The number of likely N-dealkylation sites (tertiary alicyclic amines) is 1. The van der Waals surface area contributed by atoms with Gasteiger partial charge in [0.2, 0.25) is 0 Å². The van der Waals surface area contributed by atoms with Crippen molar-refractivity contribution in [2.45, 2.75) is 64.5 Å². The third-order valence-corrected chi connectivity index (χ3v) is 7.51. The van der Waals surface area contributed by atoms with Crippen molar-refractivity contribution in [2.24, 2.45) is 9.98 Å². The summed E-state index contributed by atoms with van der Waals surface area (Å²) < 4.78 is 16.0. The molecular weight excluding hydrogens is 483 g/mol. The van der Waals surface area contributed by atoms with Crippen molar-refractivity contribution in [3.05, 3.63) is 76.1 Å². The van der Waals surface area contributed by atoms with Gasteiger partial charge in [-0.2, -0.15) is 0 Å². The number of hydrogen-bond acceptors (Lipinski definition) is 3. The van der Waals surface area contributed by atoms with Crippen LogP contribution in [0.1, 0.15) is 69.1 Å². The number of rotatable bonds is 10. The molecule has 37 heavy (non-hydrogen) atoms. The number of benzene rings is 2. The fourth-order valence-electron chi connectivity index (χ4n) is 5.30. The lowest BCUT2D eigenvalue weighted by Gasteiger charge is -2.36. The van der Waals surface area contributed by atoms with E-state index in [0.717, 1.165) is 55.7 Å². The molecule has 0 amide bonds. The van der Waals surface area contributed by atoms with Gasteiger partial charge in [0.25, 0.3) is 0 Å². The van der Waals surface area contributed by atoms with Gasteiger partial charge in [-0.05, 0) is 50.1 Å². The van der Waals surface area contributed by atoms with Crippen molar-refractivity contribution >= 4 is 41.5 Å². The van der Waals surface area contributed by atoms with Gasteiger partial charge >= 0.3 is 0 Å². The van der Waals surface area contributed by atoms with Crippen molar-refractivity contribution in [2.75, 3.05) is 19.6 Å². The molecule has 4 rings (SSSR count). The molecule has 2 fully saturated rings. The molecule has 2 aliphatic rings. The molecule has 0 aliphatic carbocycles. The fourth-order valence-corrected chi connectivity index (χ4v) is 5.64. The molecular formula is C31H38ClFN4. The normalized spacial score (nSPS) is 20.2. The number of nitrogens with one attached hydrogen (secondary N) is 1.